The zero-order chi connectivity index (χ0) is 17.8. The fourth-order valence-corrected chi connectivity index (χ4v) is 2.49. The highest BCUT2D eigenvalue weighted by Gasteiger charge is 2.09. The molecule has 3 rings (SSSR count). The molecule has 0 atom stereocenters. The van der Waals surface area contributed by atoms with Crippen LogP contribution in [0, 0.1) is 13.8 Å². The van der Waals surface area contributed by atoms with E-state index in [-0.39, 0.29) is 0 Å². The number of ether oxygens (including phenoxy) is 1. The molecule has 1 heterocycles. The molecule has 7 heteroatoms. The Kier molecular flexibility index (Phi) is 5.00. The van der Waals surface area contributed by atoms with Crippen LogP contribution in [-0.2, 0) is 0 Å². The Balaban J connectivity index is 1.84. The molecule has 0 spiro atoms. The first kappa shape index (κ1) is 17.0. The van der Waals surface area contributed by atoms with Gasteiger partial charge in [0.1, 0.15) is 5.75 Å². The molecule has 0 saturated carbocycles. The average molecular weight is 356 g/mol. The number of rotatable bonds is 5. The summed E-state index contributed by atoms with van der Waals surface area (Å²) >= 11 is 6.14. The standard InChI is InChI=1S/C18H18ClN5O/c1-11-5-4-6-13(7-11)21-18-23-17(10-20-24-18)22-15-8-12(2)14(19)9-16(15)25-3/h4-10H,1-3H3,(H2,21,22,23,24). The van der Waals surface area contributed by atoms with E-state index in [1.165, 1.54) is 0 Å². The second-order valence-corrected chi connectivity index (χ2v) is 5.99. The van der Waals surface area contributed by atoms with Crippen molar-refractivity contribution in [3.8, 4) is 5.75 Å². The Labute approximate surface area is 151 Å². The van der Waals surface area contributed by atoms with E-state index in [0.29, 0.717) is 22.5 Å². The summed E-state index contributed by atoms with van der Waals surface area (Å²) in [6.45, 7) is 3.95. The molecular weight excluding hydrogens is 338 g/mol. The Morgan fingerprint density at radius 2 is 1.92 bits per heavy atom. The van der Waals surface area contributed by atoms with Crippen molar-refractivity contribution in [2.75, 3.05) is 17.7 Å². The monoisotopic (exact) mass is 355 g/mol. The van der Waals surface area contributed by atoms with Crippen molar-refractivity contribution in [2.45, 2.75) is 13.8 Å². The number of aromatic nitrogens is 3. The van der Waals surface area contributed by atoms with Crippen LogP contribution in [0.5, 0.6) is 5.75 Å². The van der Waals surface area contributed by atoms with Crippen molar-refractivity contribution in [1.82, 2.24) is 15.2 Å². The molecule has 0 radical (unpaired) electrons. The van der Waals surface area contributed by atoms with Crippen LogP contribution in [-0.4, -0.2) is 22.3 Å². The summed E-state index contributed by atoms with van der Waals surface area (Å²) in [5.41, 5.74) is 3.74. The van der Waals surface area contributed by atoms with Crippen LogP contribution in [0.15, 0.2) is 42.6 Å². The van der Waals surface area contributed by atoms with E-state index in [4.69, 9.17) is 16.3 Å². The smallest absolute Gasteiger partial charge is 0.249 e. The lowest BCUT2D eigenvalue weighted by Crippen LogP contribution is -2.03. The summed E-state index contributed by atoms with van der Waals surface area (Å²) in [5.74, 6) is 1.58. The van der Waals surface area contributed by atoms with Gasteiger partial charge in [-0.3, -0.25) is 0 Å². The van der Waals surface area contributed by atoms with Crippen LogP contribution >= 0.6 is 11.6 Å². The number of halogens is 1. The van der Waals surface area contributed by atoms with Crippen LogP contribution < -0.4 is 15.4 Å². The van der Waals surface area contributed by atoms with Crippen molar-refractivity contribution in [1.29, 1.82) is 0 Å². The number of methoxy groups -OCH3 is 1. The van der Waals surface area contributed by atoms with Gasteiger partial charge in [-0.1, -0.05) is 23.7 Å². The lowest BCUT2D eigenvalue weighted by Gasteiger charge is -2.13. The maximum Gasteiger partial charge on any atom is 0.249 e. The lowest BCUT2D eigenvalue weighted by atomic mass is 10.2. The van der Waals surface area contributed by atoms with Gasteiger partial charge in [0, 0.05) is 16.8 Å². The summed E-state index contributed by atoms with van der Waals surface area (Å²) in [7, 11) is 1.59. The van der Waals surface area contributed by atoms with E-state index in [9.17, 15) is 0 Å². The molecule has 2 N–H and O–H groups in total. The molecule has 0 aliphatic carbocycles. The molecule has 2 aromatic carbocycles. The van der Waals surface area contributed by atoms with Crippen molar-refractivity contribution in [3.05, 3.63) is 58.7 Å². The lowest BCUT2D eigenvalue weighted by molar-refractivity contribution is 0.416. The van der Waals surface area contributed by atoms with Gasteiger partial charge in [-0.05, 0) is 43.2 Å². The molecule has 6 nitrogen and oxygen atoms in total. The van der Waals surface area contributed by atoms with E-state index in [2.05, 4.69) is 25.8 Å². The van der Waals surface area contributed by atoms with Crippen LogP contribution in [0.3, 0.4) is 0 Å². The van der Waals surface area contributed by atoms with Gasteiger partial charge in [-0.25, -0.2) is 0 Å². The predicted molar refractivity (Wildman–Crippen MR) is 100 cm³/mol. The van der Waals surface area contributed by atoms with E-state index in [1.54, 1.807) is 19.4 Å². The van der Waals surface area contributed by atoms with E-state index >= 15 is 0 Å². The Morgan fingerprint density at radius 1 is 1.08 bits per heavy atom. The molecule has 25 heavy (non-hydrogen) atoms. The van der Waals surface area contributed by atoms with Crippen LogP contribution in [0.1, 0.15) is 11.1 Å². The third-order valence-electron chi connectivity index (χ3n) is 3.58. The first-order chi connectivity index (χ1) is 12.0. The molecule has 128 valence electrons. The minimum Gasteiger partial charge on any atom is -0.495 e. The summed E-state index contributed by atoms with van der Waals surface area (Å²) < 4.78 is 5.37. The molecule has 0 unspecified atom stereocenters. The topological polar surface area (TPSA) is 72.0 Å². The van der Waals surface area contributed by atoms with E-state index < -0.39 is 0 Å². The highest BCUT2D eigenvalue weighted by atomic mass is 35.5. The van der Waals surface area contributed by atoms with Crippen LogP contribution in [0.25, 0.3) is 0 Å². The van der Waals surface area contributed by atoms with Gasteiger partial charge in [0.15, 0.2) is 5.82 Å². The molecule has 0 amide bonds. The number of benzene rings is 2. The number of nitrogens with one attached hydrogen (secondary N) is 2. The van der Waals surface area contributed by atoms with Crippen LogP contribution in [0.2, 0.25) is 5.02 Å². The quantitative estimate of drug-likeness (QED) is 0.694. The summed E-state index contributed by atoms with van der Waals surface area (Å²) in [6, 6.07) is 11.6. The van der Waals surface area contributed by atoms with Gasteiger partial charge in [-0.15, -0.1) is 5.10 Å². The third kappa shape index (κ3) is 4.16. The van der Waals surface area contributed by atoms with Gasteiger partial charge >= 0.3 is 0 Å². The summed E-state index contributed by atoms with van der Waals surface area (Å²) in [5, 5.41) is 15.0. The first-order valence-corrected chi connectivity index (χ1v) is 8.07. The second kappa shape index (κ2) is 7.36. The fraction of sp³-hybridized carbons (Fsp3) is 0.167. The molecule has 0 aliphatic rings. The number of anilines is 4. The molecule has 0 aliphatic heterocycles. The number of hydrogen-bond acceptors (Lipinski definition) is 6. The Bertz CT molecular complexity index is 900. The van der Waals surface area contributed by atoms with E-state index in [0.717, 1.165) is 22.5 Å². The van der Waals surface area contributed by atoms with Crippen molar-refractivity contribution < 1.29 is 4.74 Å². The molecule has 1 aromatic heterocycles. The van der Waals surface area contributed by atoms with Gasteiger partial charge in [-0.2, -0.15) is 10.1 Å². The normalized spacial score (nSPS) is 10.4. The Hall–Kier alpha value is -2.86. The highest BCUT2D eigenvalue weighted by Crippen LogP contribution is 2.32. The summed E-state index contributed by atoms with van der Waals surface area (Å²) in [4.78, 5) is 4.44. The van der Waals surface area contributed by atoms with E-state index in [1.807, 2.05) is 44.2 Å². The summed E-state index contributed by atoms with van der Waals surface area (Å²) in [6.07, 6.45) is 1.55. The third-order valence-corrected chi connectivity index (χ3v) is 3.98. The van der Waals surface area contributed by atoms with Gasteiger partial charge in [0.05, 0.1) is 19.0 Å². The Morgan fingerprint density at radius 3 is 2.68 bits per heavy atom. The highest BCUT2D eigenvalue weighted by molar-refractivity contribution is 6.31. The number of nitrogens with zero attached hydrogens (tertiary/aromatic N) is 3. The molecular formula is C18H18ClN5O. The minimum absolute atomic E-state index is 0.403. The first-order valence-electron chi connectivity index (χ1n) is 7.70. The maximum absolute atomic E-state index is 6.14. The maximum atomic E-state index is 6.14. The molecule has 3 aromatic rings. The van der Waals surface area contributed by atoms with Crippen molar-refractivity contribution in [3.63, 3.8) is 0 Å². The zero-order valence-electron chi connectivity index (χ0n) is 14.2. The van der Waals surface area contributed by atoms with Crippen molar-refractivity contribution >= 4 is 34.7 Å². The molecule has 0 fully saturated rings. The van der Waals surface area contributed by atoms with Crippen molar-refractivity contribution in [2.24, 2.45) is 0 Å². The van der Waals surface area contributed by atoms with Gasteiger partial charge in [0.2, 0.25) is 5.95 Å². The SMILES string of the molecule is COc1cc(Cl)c(C)cc1Nc1cnnc(Nc2cccc(C)c2)n1. The molecule has 0 bridgehead atoms. The minimum atomic E-state index is 0.403. The number of hydrogen-bond donors (Lipinski definition) is 2. The number of aryl methyl sites for hydroxylation is 2. The average Bonchev–Trinajstić information content (AvgIpc) is 2.58. The molecule has 0 saturated heterocycles. The van der Waals surface area contributed by atoms with Gasteiger partial charge in [0.25, 0.3) is 0 Å². The zero-order valence-corrected chi connectivity index (χ0v) is 14.9. The fourth-order valence-electron chi connectivity index (χ4n) is 2.34. The van der Waals surface area contributed by atoms with Gasteiger partial charge < -0.3 is 15.4 Å². The van der Waals surface area contributed by atoms with Crippen LogP contribution in [0.4, 0.5) is 23.1 Å². The largest absolute Gasteiger partial charge is 0.495 e. The second-order valence-electron chi connectivity index (χ2n) is 5.59. The predicted octanol–water partition coefficient (Wildman–Crippen LogP) is 4.64.